The quantitative estimate of drug-likeness (QED) is 0.833. The van der Waals surface area contributed by atoms with E-state index in [2.05, 4.69) is 27.2 Å². The molecule has 0 spiro atoms. The highest BCUT2D eigenvalue weighted by molar-refractivity contribution is 5.89. The van der Waals surface area contributed by atoms with Crippen molar-refractivity contribution in [3.63, 3.8) is 0 Å². The van der Waals surface area contributed by atoms with E-state index in [0.717, 1.165) is 17.8 Å². The number of hydrogen-bond donors (Lipinski definition) is 2. The first kappa shape index (κ1) is 19.3. The van der Waals surface area contributed by atoms with Crippen molar-refractivity contribution in [2.45, 2.75) is 39.0 Å². The lowest BCUT2D eigenvalue weighted by Crippen LogP contribution is -2.57. The molecule has 1 aromatic heterocycles. The van der Waals surface area contributed by atoms with E-state index in [1.807, 2.05) is 43.0 Å². The Balaban J connectivity index is 1.56. The third-order valence-corrected chi connectivity index (χ3v) is 4.63. The molecule has 1 aromatic carbocycles. The Morgan fingerprint density at radius 2 is 2.19 bits per heavy atom. The smallest absolute Gasteiger partial charge is 0.321 e. The third-order valence-electron chi connectivity index (χ3n) is 4.63. The second kappa shape index (κ2) is 8.06. The summed E-state index contributed by atoms with van der Waals surface area (Å²) in [5.41, 5.74) is 1.08. The monoisotopic (exact) mass is 372 g/mol. The molecule has 1 aliphatic rings. The third kappa shape index (κ3) is 5.51. The highest BCUT2D eigenvalue weighted by Crippen LogP contribution is 2.16. The maximum absolute atomic E-state index is 12.7. The Labute approximate surface area is 159 Å². The molecule has 27 heavy (non-hydrogen) atoms. The Bertz CT molecular complexity index is 756. The van der Waals surface area contributed by atoms with Crippen molar-refractivity contribution in [3.05, 3.63) is 42.5 Å². The van der Waals surface area contributed by atoms with Crippen LogP contribution in [0.4, 0.5) is 10.5 Å². The molecule has 2 aromatic rings. The van der Waals surface area contributed by atoms with Gasteiger partial charge in [0, 0.05) is 37.9 Å². The van der Waals surface area contributed by atoms with Crippen LogP contribution in [0.3, 0.4) is 0 Å². The van der Waals surface area contributed by atoms with Crippen LogP contribution in [0.25, 0.3) is 0 Å². The SMILES string of the molecule is CC1CN(C(=O)Nc2cccc(Cn3cncn3)c2)CCN1CC(C)(C)O. The fourth-order valence-electron chi connectivity index (χ4n) is 3.36. The summed E-state index contributed by atoms with van der Waals surface area (Å²) >= 11 is 0. The average molecular weight is 372 g/mol. The lowest BCUT2D eigenvalue weighted by atomic mass is 10.1. The molecule has 8 heteroatoms. The van der Waals surface area contributed by atoms with Crippen molar-refractivity contribution in [2.75, 3.05) is 31.5 Å². The molecule has 0 radical (unpaired) electrons. The normalized spacial score (nSPS) is 18.5. The number of nitrogens with one attached hydrogen (secondary N) is 1. The van der Waals surface area contributed by atoms with Gasteiger partial charge in [0.2, 0.25) is 0 Å². The van der Waals surface area contributed by atoms with E-state index in [9.17, 15) is 9.90 Å². The number of β-amino-alcohol motifs (C(OH)–C–C–N with tert-alkyl or cyclic N) is 1. The van der Waals surface area contributed by atoms with Gasteiger partial charge in [-0.25, -0.2) is 14.5 Å². The number of piperazine rings is 1. The Kier molecular flexibility index (Phi) is 5.76. The molecule has 2 heterocycles. The van der Waals surface area contributed by atoms with Gasteiger partial charge in [-0.2, -0.15) is 5.10 Å². The molecule has 1 aliphatic heterocycles. The molecular weight excluding hydrogens is 344 g/mol. The number of aliphatic hydroxyl groups is 1. The van der Waals surface area contributed by atoms with E-state index in [1.54, 1.807) is 11.0 Å². The second-order valence-corrected chi connectivity index (χ2v) is 7.80. The van der Waals surface area contributed by atoms with Gasteiger partial charge in [0.15, 0.2) is 0 Å². The maximum Gasteiger partial charge on any atom is 0.321 e. The molecule has 0 aliphatic carbocycles. The summed E-state index contributed by atoms with van der Waals surface area (Å²) in [6.07, 6.45) is 3.17. The van der Waals surface area contributed by atoms with E-state index in [-0.39, 0.29) is 12.1 Å². The summed E-state index contributed by atoms with van der Waals surface area (Å²) in [7, 11) is 0. The first-order chi connectivity index (χ1) is 12.8. The minimum atomic E-state index is -0.733. The van der Waals surface area contributed by atoms with E-state index >= 15 is 0 Å². The summed E-state index contributed by atoms with van der Waals surface area (Å²) in [5.74, 6) is 0. The van der Waals surface area contributed by atoms with E-state index in [4.69, 9.17) is 0 Å². The predicted octanol–water partition coefficient (Wildman–Crippen LogP) is 1.64. The van der Waals surface area contributed by atoms with Gasteiger partial charge in [0.05, 0.1) is 12.1 Å². The van der Waals surface area contributed by atoms with Crippen LogP contribution in [0.1, 0.15) is 26.3 Å². The molecule has 3 rings (SSSR count). The average Bonchev–Trinajstić information content (AvgIpc) is 3.09. The van der Waals surface area contributed by atoms with Gasteiger partial charge in [0.25, 0.3) is 0 Å². The lowest BCUT2D eigenvalue weighted by molar-refractivity contribution is 0.00377. The molecule has 1 atom stereocenters. The summed E-state index contributed by atoms with van der Waals surface area (Å²) in [6, 6.07) is 7.86. The van der Waals surface area contributed by atoms with Gasteiger partial charge in [-0.1, -0.05) is 12.1 Å². The lowest BCUT2D eigenvalue weighted by Gasteiger charge is -2.41. The van der Waals surface area contributed by atoms with Crippen molar-refractivity contribution >= 4 is 11.7 Å². The van der Waals surface area contributed by atoms with Crippen LogP contribution in [0, 0.1) is 0 Å². The van der Waals surface area contributed by atoms with Gasteiger partial charge in [0.1, 0.15) is 12.7 Å². The van der Waals surface area contributed by atoms with E-state index in [1.165, 1.54) is 6.33 Å². The van der Waals surface area contributed by atoms with E-state index < -0.39 is 5.60 Å². The Hall–Kier alpha value is -2.45. The fraction of sp³-hybridized carbons (Fsp3) is 0.526. The van der Waals surface area contributed by atoms with Crippen LogP contribution in [-0.2, 0) is 6.54 Å². The summed E-state index contributed by atoms with van der Waals surface area (Å²) < 4.78 is 1.74. The minimum absolute atomic E-state index is 0.0948. The minimum Gasteiger partial charge on any atom is -0.389 e. The zero-order chi connectivity index (χ0) is 19.4. The first-order valence-corrected chi connectivity index (χ1v) is 9.24. The highest BCUT2D eigenvalue weighted by Gasteiger charge is 2.29. The number of anilines is 1. The molecular formula is C19H28N6O2. The number of benzene rings is 1. The predicted molar refractivity (Wildman–Crippen MR) is 103 cm³/mol. The molecule has 0 bridgehead atoms. The van der Waals surface area contributed by atoms with Crippen molar-refractivity contribution in [1.82, 2.24) is 24.6 Å². The van der Waals surface area contributed by atoms with Crippen LogP contribution in [0.5, 0.6) is 0 Å². The van der Waals surface area contributed by atoms with Crippen molar-refractivity contribution in [2.24, 2.45) is 0 Å². The fourth-order valence-corrected chi connectivity index (χ4v) is 3.36. The summed E-state index contributed by atoms with van der Waals surface area (Å²) in [5, 5.41) is 17.1. The van der Waals surface area contributed by atoms with Gasteiger partial charge >= 0.3 is 6.03 Å². The van der Waals surface area contributed by atoms with E-state index in [0.29, 0.717) is 26.2 Å². The number of rotatable bonds is 5. The summed E-state index contributed by atoms with van der Waals surface area (Å²) in [4.78, 5) is 20.6. The summed E-state index contributed by atoms with van der Waals surface area (Å²) in [6.45, 7) is 8.96. The number of urea groups is 1. The Morgan fingerprint density at radius 1 is 1.37 bits per heavy atom. The number of carbonyl (C=O) groups excluding carboxylic acids is 1. The van der Waals surface area contributed by atoms with Crippen LogP contribution < -0.4 is 5.32 Å². The molecule has 1 fully saturated rings. The highest BCUT2D eigenvalue weighted by atomic mass is 16.3. The topological polar surface area (TPSA) is 86.5 Å². The van der Waals surface area contributed by atoms with Gasteiger partial charge in [-0.05, 0) is 38.5 Å². The van der Waals surface area contributed by atoms with Crippen molar-refractivity contribution in [3.8, 4) is 0 Å². The standard InChI is InChI=1S/C19H28N6O2/c1-15-10-23(7-8-24(15)12-19(2,3)27)18(26)22-17-6-4-5-16(9-17)11-25-14-20-13-21-25/h4-6,9,13-15,27H,7-8,10-12H2,1-3H3,(H,22,26). The van der Waals surface area contributed by atoms with Crippen LogP contribution in [0.2, 0.25) is 0 Å². The van der Waals surface area contributed by atoms with Crippen LogP contribution in [-0.4, -0.2) is 73.5 Å². The van der Waals surface area contributed by atoms with Gasteiger partial charge in [-0.3, -0.25) is 4.90 Å². The zero-order valence-corrected chi connectivity index (χ0v) is 16.2. The molecule has 2 N–H and O–H groups in total. The number of aromatic nitrogens is 3. The molecule has 8 nitrogen and oxygen atoms in total. The first-order valence-electron chi connectivity index (χ1n) is 9.24. The number of hydrogen-bond acceptors (Lipinski definition) is 5. The number of carbonyl (C=O) groups is 1. The molecule has 0 saturated carbocycles. The van der Waals surface area contributed by atoms with Gasteiger partial charge < -0.3 is 15.3 Å². The molecule has 1 saturated heterocycles. The molecule has 2 amide bonds. The van der Waals surface area contributed by atoms with Crippen LogP contribution in [0.15, 0.2) is 36.9 Å². The second-order valence-electron chi connectivity index (χ2n) is 7.80. The molecule has 146 valence electrons. The van der Waals surface area contributed by atoms with Crippen LogP contribution >= 0.6 is 0 Å². The number of nitrogens with zero attached hydrogens (tertiary/aromatic N) is 5. The van der Waals surface area contributed by atoms with Crippen molar-refractivity contribution < 1.29 is 9.90 Å². The zero-order valence-electron chi connectivity index (χ0n) is 16.2. The largest absolute Gasteiger partial charge is 0.389 e. The Morgan fingerprint density at radius 3 is 2.85 bits per heavy atom. The van der Waals surface area contributed by atoms with Gasteiger partial charge in [-0.15, -0.1) is 0 Å². The number of amides is 2. The maximum atomic E-state index is 12.7. The van der Waals surface area contributed by atoms with Crippen molar-refractivity contribution in [1.29, 1.82) is 0 Å². The molecule has 1 unspecified atom stereocenters.